The molecule has 0 bridgehead atoms. The monoisotopic (exact) mass is 932 g/mol. The summed E-state index contributed by atoms with van der Waals surface area (Å²) in [5.41, 5.74) is 3.74. The molecule has 6 rings (SSSR count). The average Bonchev–Trinajstić information content (AvgIpc) is 3.78. The number of benzene rings is 4. The van der Waals surface area contributed by atoms with E-state index in [4.69, 9.17) is 71.9 Å². The summed E-state index contributed by atoms with van der Waals surface area (Å²) in [7, 11) is 0. The van der Waals surface area contributed by atoms with Crippen LogP contribution in [0, 0.1) is 0 Å². The van der Waals surface area contributed by atoms with E-state index in [9.17, 15) is 18.9 Å². The number of phenolic OH excluding ortho intramolecular Hbond substituents is 1. The van der Waals surface area contributed by atoms with Crippen LogP contribution >= 0.6 is 58.0 Å². The second-order valence-electron chi connectivity index (χ2n) is 13.9. The second-order valence-corrected chi connectivity index (χ2v) is 17.1. The highest BCUT2D eigenvalue weighted by Gasteiger charge is 2.42. The molecule has 316 valence electrons. The predicted molar refractivity (Wildman–Crippen MR) is 239 cm³/mol. The molecule has 1 aliphatic heterocycles. The summed E-state index contributed by atoms with van der Waals surface area (Å²) < 4.78 is 25.9. The van der Waals surface area contributed by atoms with E-state index in [1.807, 2.05) is 0 Å². The molecule has 4 aromatic carbocycles. The van der Waals surface area contributed by atoms with Gasteiger partial charge >= 0.3 is 0 Å². The van der Waals surface area contributed by atoms with Gasteiger partial charge in [0.05, 0.1) is 36.9 Å². The van der Waals surface area contributed by atoms with E-state index in [1.165, 1.54) is 79.2 Å². The fourth-order valence-electron chi connectivity index (χ4n) is 6.33. The number of amidine groups is 1. The molecule has 0 saturated carbocycles. The lowest BCUT2D eigenvalue weighted by Gasteiger charge is -2.19. The first-order chi connectivity index (χ1) is 28.9. The normalized spacial score (nSPS) is 15.5. The van der Waals surface area contributed by atoms with Crippen molar-refractivity contribution >= 4 is 104 Å². The van der Waals surface area contributed by atoms with Crippen LogP contribution in [0.1, 0.15) is 70.8 Å². The molecule has 1 saturated heterocycles. The Morgan fingerprint density at radius 2 is 1.52 bits per heavy atom. The maximum absolute atomic E-state index is 13.9. The zero-order valence-electron chi connectivity index (χ0n) is 32.3. The predicted octanol–water partition coefficient (Wildman–Crippen LogP) is 11.7. The number of hydrogen-bond acceptors (Lipinski definition) is 8. The largest absolute Gasteiger partial charge is 0.508 e. The summed E-state index contributed by atoms with van der Waals surface area (Å²) in [6, 6.07) is 18.9. The third kappa shape index (κ3) is 11.9. The highest BCUT2D eigenvalue weighted by molar-refractivity contribution is 7.80. The Morgan fingerprint density at radius 1 is 0.867 bits per heavy atom. The number of nitrogens with one attached hydrogen (secondary N) is 2. The van der Waals surface area contributed by atoms with Gasteiger partial charge < -0.3 is 19.3 Å². The number of aliphatic imine (C=N–C) groups is 1. The molecule has 12 nitrogen and oxygen atoms in total. The molecule has 2 heterocycles. The van der Waals surface area contributed by atoms with Crippen molar-refractivity contribution in [2.75, 3.05) is 10.3 Å². The van der Waals surface area contributed by atoms with Crippen LogP contribution in [0.2, 0.25) is 25.1 Å². The molecule has 3 unspecified atom stereocenters. The zero-order valence-corrected chi connectivity index (χ0v) is 36.9. The molecule has 60 heavy (non-hydrogen) atoms. The van der Waals surface area contributed by atoms with Crippen molar-refractivity contribution in [2.24, 2.45) is 4.99 Å². The van der Waals surface area contributed by atoms with Gasteiger partial charge in [-0.15, -0.1) is 0 Å². The number of unbranched alkanes of at least 4 members (excludes halogenated alkanes) is 7. The van der Waals surface area contributed by atoms with Crippen molar-refractivity contribution in [2.45, 2.75) is 81.8 Å². The van der Waals surface area contributed by atoms with E-state index < -0.39 is 35.0 Å². The highest BCUT2D eigenvalue weighted by atomic mass is 35.5. The third-order valence-corrected chi connectivity index (χ3v) is 11.7. The Labute approximate surface area is 375 Å². The van der Waals surface area contributed by atoms with Crippen LogP contribution in [0.3, 0.4) is 0 Å². The van der Waals surface area contributed by atoms with Crippen LogP contribution < -0.4 is 24.7 Å². The van der Waals surface area contributed by atoms with Crippen molar-refractivity contribution in [3.05, 3.63) is 116 Å². The highest BCUT2D eigenvalue weighted by Crippen LogP contribution is 2.39. The number of hydrogen-bond donors (Lipinski definition) is 3. The van der Waals surface area contributed by atoms with Gasteiger partial charge in [-0.25, -0.2) is 14.2 Å². The molecule has 1 fully saturated rings. The van der Waals surface area contributed by atoms with Gasteiger partial charge in [-0.05, 0) is 91.7 Å². The molecule has 0 spiro atoms. The van der Waals surface area contributed by atoms with Gasteiger partial charge in [0.15, 0.2) is 18.0 Å². The van der Waals surface area contributed by atoms with E-state index in [0.717, 1.165) is 30.7 Å². The van der Waals surface area contributed by atoms with Crippen LogP contribution in [0.5, 0.6) is 17.2 Å². The van der Waals surface area contributed by atoms with Crippen LogP contribution in [0.25, 0.3) is 0 Å². The number of nitrogens with zero attached hydrogens (tertiary/aromatic N) is 4. The summed E-state index contributed by atoms with van der Waals surface area (Å²) >= 11 is 30.2. The van der Waals surface area contributed by atoms with Crippen LogP contribution in [0.15, 0.2) is 101 Å². The van der Waals surface area contributed by atoms with Crippen LogP contribution in [-0.2, 0) is 20.7 Å². The fourth-order valence-corrected chi connectivity index (χ4v) is 8.36. The lowest BCUT2D eigenvalue weighted by atomic mass is 10.1. The second kappa shape index (κ2) is 21.3. The molecule has 2 amide bonds. The average molecular weight is 935 g/mol. The van der Waals surface area contributed by atoms with E-state index in [-0.39, 0.29) is 43.1 Å². The van der Waals surface area contributed by atoms with Crippen LogP contribution in [-0.4, -0.2) is 42.8 Å². The molecule has 18 heteroatoms. The van der Waals surface area contributed by atoms with Gasteiger partial charge in [-0.1, -0.05) is 110 Å². The van der Waals surface area contributed by atoms with E-state index >= 15 is 0 Å². The molecular weight excluding hydrogens is 894 g/mol. The van der Waals surface area contributed by atoms with Gasteiger partial charge in [0, 0.05) is 16.9 Å². The topological polar surface area (TPSA) is 147 Å². The fraction of sp³-hybridized carbons (Fsp3) is 0.286. The molecule has 3 N–H and O–H groups in total. The Bertz CT molecular complexity index is 2320. The third-order valence-electron chi connectivity index (χ3n) is 9.35. The standard InChI is InChI=1S/C42H41Cl5N6O6S/c1-2-3-4-5-6-7-8-9-10-37(58-30-14-16-31(17-15-30)59-60(57)32-18-12-29(54)13-19-32)41(55)49-28-11-20-33(45)36(23-28)50-40-39(52-25-27(44)24-48-52)42(56)53(51-40)38-34(46)21-26(43)22-35(38)47/h11-25,37,39,54H,2-10H2,1H3,(H,49,55)(H,50,51). The number of hydrazine groups is 1. The first kappa shape index (κ1) is 45.0. The quantitative estimate of drug-likeness (QED) is 0.0694. The Balaban J connectivity index is 1.20. The number of ether oxygens (including phenoxy) is 1. The number of aromatic hydroxyl groups is 1. The number of amides is 2. The van der Waals surface area contributed by atoms with Gasteiger partial charge in [-0.3, -0.25) is 19.7 Å². The number of carbonyl (C=O) groups is 2. The molecule has 1 aromatic heterocycles. The summed E-state index contributed by atoms with van der Waals surface area (Å²) in [5, 5.41) is 18.9. The minimum atomic E-state index is -1.81. The molecule has 3 atom stereocenters. The lowest BCUT2D eigenvalue weighted by molar-refractivity contribution is -0.123. The number of halogens is 5. The van der Waals surface area contributed by atoms with Crippen LogP contribution in [0.4, 0.5) is 17.1 Å². The maximum Gasteiger partial charge on any atom is 0.278 e. The van der Waals surface area contributed by atoms with Gasteiger partial charge in [0.25, 0.3) is 11.8 Å². The van der Waals surface area contributed by atoms with E-state index in [1.54, 1.807) is 42.5 Å². The zero-order chi connectivity index (χ0) is 42.8. The molecule has 0 radical (unpaired) electrons. The van der Waals surface area contributed by atoms with Gasteiger partial charge in [0.2, 0.25) is 11.1 Å². The van der Waals surface area contributed by atoms with Crippen molar-refractivity contribution < 1.29 is 27.8 Å². The lowest BCUT2D eigenvalue weighted by Crippen LogP contribution is -2.36. The molecule has 5 aromatic rings. The summed E-state index contributed by atoms with van der Waals surface area (Å²) in [6.07, 6.45) is 11.1. The maximum atomic E-state index is 13.9. The van der Waals surface area contributed by atoms with Gasteiger partial charge in [-0.2, -0.15) is 5.10 Å². The van der Waals surface area contributed by atoms with E-state index in [0.29, 0.717) is 33.5 Å². The number of aromatic nitrogens is 2. The Hall–Kier alpha value is -4.50. The minimum Gasteiger partial charge on any atom is -0.508 e. The summed E-state index contributed by atoms with van der Waals surface area (Å²) in [4.78, 5) is 33.0. The van der Waals surface area contributed by atoms with Crippen molar-refractivity contribution in [3.63, 3.8) is 0 Å². The van der Waals surface area contributed by atoms with Crippen molar-refractivity contribution in [1.29, 1.82) is 0 Å². The molecule has 1 aliphatic rings. The molecule has 0 aliphatic carbocycles. The minimum absolute atomic E-state index is 0.0532. The van der Waals surface area contributed by atoms with E-state index in [2.05, 4.69) is 22.8 Å². The van der Waals surface area contributed by atoms with Crippen molar-refractivity contribution in [3.8, 4) is 17.2 Å². The number of phenols is 1. The van der Waals surface area contributed by atoms with Gasteiger partial charge in [0.1, 0.15) is 22.9 Å². The number of anilines is 2. The first-order valence-electron chi connectivity index (χ1n) is 19.2. The summed E-state index contributed by atoms with van der Waals surface area (Å²) in [6.45, 7) is 2.19. The molecular formula is C42H41Cl5N6O6S. The number of carbonyl (C=O) groups excluding carboxylic acids is 2. The number of rotatable bonds is 19. The Kier molecular flexibility index (Phi) is 16.0. The first-order valence-corrected chi connectivity index (χ1v) is 22.2. The summed E-state index contributed by atoms with van der Waals surface area (Å²) in [5.74, 6) is -0.0183. The van der Waals surface area contributed by atoms with Crippen molar-refractivity contribution in [1.82, 2.24) is 15.2 Å². The Morgan fingerprint density at radius 3 is 2.17 bits per heavy atom. The SMILES string of the molecule is CCCCCCCCCCC(Oc1ccc(OS(=O)c2ccc(O)cc2)cc1)C(=O)Nc1ccc(Cl)c(N=C2NN(c3c(Cl)cc(Cl)cc3Cl)C(=O)C2n2cc(Cl)cn2)c1. The smallest absolute Gasteiger partial charge is 0.278 e.